The predicted molar refractivity (Wildman–Crippen MR) is 68.1 cm³/mol. The van der Waals surface area contributed by atoms with Gasteiger partial charge in [-0.15, -0.1) is 11.8 Å². The number of esters is 1. The molecule has 0 aliphatic heterocycles. The largest absolute Gasteiger partial charge is 0.448 e. The Balaban J connectivity index is 2.33. The highest BCUT2D eigenvalue weighted by molar-refractivity contribution is 7.98. The van der Waals surface area contributed by atoms with Crippen molar-refractivity contribution in [2.45, 2.75) is 25.0 Å². The van der Waals surface area contributed by atoms with Gasteiger partial charge in [-0.25, -0.2) is 4.79 Å². The van der Waals surface area contributed by atoms with Gasteiger partial charge in [0.15, 0.2) is 0 Å². The number of carbonyl (C=O) groups is 1. The summed E-state index contributed by atoms with van der Waals surface area (Å²) in [5.74, 6) is 0.513. The standard InChI is InChI=1S/C13H16O2S/c1-10(2)13(14)15-11(3)16-9-12-7-5-4-6-8-12/h4-8,11H,1,9H2,2-3H3. The highest BCUT2D eigenvalue weighted by atomic mass is 32.2. The molecule has 0 aliphatic rings. The SMILES string of the molecule is C=C(C)C(=O)OC(C)SCc1ccccc1. The molecule has 1 rings (SSSR count). The summed E-state index contributed by atoms with van der Waals surface area (Å²) in [5.41, 5.74) is 1.52. The van der Waals surface area contributed by atoms with Gasteiger partial charge in [0.1, 0.15) is 5.44 Å². The molecule has 0 fully saturated rings. The van der Waals surface area contributed by atoms with Crippen LogP contribution in [0.2, 0.25) is 0 Å². The van der Waals surface area contributed by atoms with Crippen molar-refractivity contribution in [3.63, 3.8) is 0 Å². The van der Waals surface area contributed by atoms with Gasteiger partial charge in [0, 0.05) is 11.3 Å². The van der Waals surface area contributed by atoms with Crippen molar-refractivity contribution in [3.05, 3.63) is 48.0 Å². The summed E-state index contributed by atoms with van der Waals surface area (Å²) in [5, 5.41) is 0. The van der Waals surface area contributed by atoms with Gasteiger partial charge < -0.3 is 4.74 Å². The summed E-state index contributed by atoms with van der Waals surface area (Å²) in [6.45, 7) is 7.06. The number of hydrogen-bond acceptors (Lipinski definition) is 3. The van der Waals surface area contributed by atoms with Crippen LogP contribution in [0.15, 0.2) is 42.5 Å². The minimum Gasteiger partial charge on any atom is -0.448 e. The molecule has 0 spiro atoms. The van der Waals surface area contributed by atoms with Crippen LogP contribution in [0.4, 0.5) is 0 Å². The summed E-state index contributed by atoms with van der Waals surface area (Å²) in [6, 6.07) is 10.1. The molecule has 0 amide bonds. The van der Waals surface area contributed by atoms with Crippen molar-refractivity contribution < 1.29 is 9.53 Å². The molecule has 3 heteroatoms. The number of rotatable bonds is 5. The van der Waals surface area contributed by atoms with Crippen molar-refractivity contribution in [1.29, 1.82) is 0 Å². The van der Waals surface area contributed by atoms with Gasteiger partial charge in [0.2, 0.25) is 0 Å². The lowest BCUT2D eigenvalue weighted by Crippen LogP contribution is -2.12. The summed E-state index contributed by atoms with van der Waals surface area (Å²) >= 11 is 1.59. The van der Waals surface area contributed by atoms with E-state index in [0.717, 1.165) is 5.75 Å². The van der Waals surface area contributed by atoms with Gasteiger partial charge in [-0.05, 0) is 19.4 Å². The van der Waals surface area contributed by atoms with E-state index in [1.165, 1.54) is 5.56 Å². The maximum absolute atomic E-state index is 11.2. The maximum Gasteiger partial charge on any atom is 0.334 e. The van der Waals surface area contributed by atoms with Gasteiger partial charge in [-0.3, -0.25) is 0 Å². The van der Waals surface area contributed by atoms with E-state index < -0.39 is 0 Å². The molecular formula is C13H16O2S. The minimum atomic E-state index is -0.326. The van der Waals surface area contributed by atoms with Crippen molar-refractivity contribution in [3.8, 4) is 0 Å². The first-order valence-electron chi connectivity index (χ1n) is 5.11. The molecule has 1 atom stereocenters. The topological polar surface area (TPSA) is 26.3 Å². The third-order valence-electron chi connectivity index (χ3n) is 1.95. The number of thioether (sulfide) groups is 1. The van der Waals surface area contributed by atoms with E-state index in [0.29, 0.717) is 5.57 Å². The maximum atomic E-state index is 11.2. The second kappa shape index (κ2) is 6.38. The molecule has 0 saturated carbocycles. The number of hydrogen-bond donors (Lipinski definition) is 0. The van der Waals surface area contributed by atoms with Crippen LogP contribution in [0.25, 0.3) is 0 Å². The zero-order valence-electron chi connectivity index (χ0n) is 9.60. The van der Waals surface area contributed by atoms with E-state index in [1.807, 2.05) is 25.1 Å². The van der Waals surface area contributed by atoms with Gasteiger partial charge in [0.05, 0.1) is 0 Å². The Morgan fingerprint density at radius 3 is 2.62 bits per heavy atom. The van der Waals surface area contributed by atoms with Gasteiger partial charge in [-0.2, -0.15) is 0 Å². The molecule has 1 aromatic carbocycles. The summed E-state index contributed by atoms with van der Waals surface area (Å²) in [6.07, 6.45) is 0. The zero-order valence-corrected chi connectivity index (χ0v) is 10.4. The van der Waals surface area contributed by atoms with Crippen LogP contribution in [-0.2, 0) is 15.3 Å². The van der Waals surface area contributed by atoms with E-state index in [-0.39, 0.29) is 11.4 Å². The molecule has 16 heavy (non-hydrogen) atoms. The molecule has 2 nitrogen and oxygen atoms in total. The monoisotopic (exact) mass is 236 g/mol. The van der Waals surface area contributed by atoms with Crippen molar-refractivity contribution in [1.82, 2.24) is 0 Å². The summed E-state index contributed by atoms with van der Waals surface area (Å²) in [7, 11) is 0. The molecule has 0 aliphatic carbocycles. The first-order chi connectivity index (χ1) is 7.59. The molecule has 1 unspecified atom stereocenters. The smallest absolute Gasteiger partial charge is 0.334 e. The molecule has 1 aromatic rings. The molecule has 0 N–H and O–H groups in total. The van der Waals surface area contributed by atoms with Gasteiger partial charge in [-0.1, -0.05) is 36.9 Å². The molecule has 0 aromatic heterocycles. The Morgan fingerprint density at radius 2 is 2.06 bits per heavy atom. The molecule has 86 valence electrons. The van der Waals surface area contributed by atoms with E-state index in [4.69, 9.17) is 4.74 Å². The fourth-order valence-corrected chi connectivity index (χ4v) is 1.85. The Bertz CT molecular complexity index is 359. The molecular weight excluding hydrogens is 220 g/mol. The third kappa shape index (κ3) is 4.53. The summed E-state index contributed by atoms with van der Waals surface area (Å²) < 4.78 is 5.16. The predicted octanol–water partition coefficient (Wildman–Crippen LogP) is 3.39. The zero-order chi connectivity index (χ0) is 12.0. The van der Waals surface area contributed by atoms with Crippen molar-refractivity contribution in [2.24, 2.45) is 0 Å². The highest BCUT2D eigenvalue weighted by Gasteiger charge is 2.10. The lowest BCUT2D eigenvalue weighted by Gasteiger charge is -2.12. The van der Waals surface area contributed by atoms with E-state index in [2.05, 4.69) is 18.7 Å². The van der Waals surface area contributed by atoms with Crippen LogP contribution in [0, 0.1) is 0 Å². The Morgan fingerprint density at radius 1 is 1.44 bits per heavy atom. The van der Waals surface area contributed by atoms with Crippen LogP contribution in [0.1, 0.15) is 19.4 Å². The van der Waals surface area contributed by atoms with Crippen LogP contribution in [0.3, 0.4) is 0 Å². The van der Waals surface area contributed by atoms with Gasteiger partial charge >= 0.3 is 5.97 Å². The number of carbonyl (C=O) groups excluding carboxylic acids is 1. The molecule has 0 bridgehead atoms. The van der Waals surface area contributed by atoms with E-state index in [9.17, 15) is 4.79 Å². The van der Waals surface area contributed by atoms with Gasteiger partial charge in [0.25, 0.3) is 0 Å². The molecule has 0 saturated heterocycles. The van der Waals surface area contributed by atoms with Crippen LogP contribution >= 0.6 is 11.8 Å². The average Bonchev–Trinajstić information content (AvgIpc) is 2.27. The Kier molecular flexibility index (Phi) is 5.12. The van der Waals surface area contributed by atoms with E-state index in [1.54, 1.807) is 18.7 Å². The third-order valence-corrected chi connectivity index (χ3v) is 3.01. The summed E-state index contributed by atoms with van der Waals surface area (Å²) in [4.78, 5) is 11.2. The van der Waals surface area contributed by atoms with Crippen LogP contribution in [-0.4, -0.2) is 11.4 Å². The lowest BCUT2D eigenvalue weighted by atomic mass is 10.2. The number of ether oxygens (including phenoxy) is 1. The highest BCUT2D eigenvalue weighted by Crippen LogP contribution is 2.18. The minimum absolute atomic E-state index is 0.149. The van der Waals surface area contributed by atoms with Crippen LogP contribution in [0.5, 0.6) is 0 Å². The quantitative estimate of drug-likeness (QED) is 0.445. The van der Waals surface area contributed by atoms with Crippen molar-refractivity contribution in [2.75, 3.05) is 0 Å². The molecule has 0 radical (unpaired) electrons. The first-order valence-corrected chi connectivity index (χ1v) is 6.16. The Labute approximate surface area is 101 Å². The Hall–Kier alpha value is -1.22. The fraction of sp³-hybridized carbons (Fsp3) is 0.308. The average molecular weight is 236 g/mol. The van der Waals surface area contributed by atoms with Crippen LogP contribution < -0.4 is 0 Å². The lowest BCUT2D eigenvalue weighted by molar-refractivity contribution is -0.139. The van der Waals surface area contributed by atoms with Crippen molar-refractivity contribution >= 4 is 17.7 Å². The second-order valence-electron chi connectivity index (χ2n) is 3.55. The molecule has 0 heterocycles. The first kappa shape index (κ1) is 12.8. The number of benzene rings is 1. The normalized spacial score (nSPS) is 11.9. The second-order valence-corrected chi connectivity index (χ2v) is 4.84. The fourth-order valence-electron chi connectivity index (χ4n) is 1.07. The van der Waals surface area contributed by atoms with E-state index >= 15 is 0 Å².